The number of carbonyl (C=O) groups excluding carboxylic acids is 3. The summed E-state index contributed by atoms with van der Waals surface area (Å²) in [5.74, 6) is -1.32. The number of benzene rings is 2. The lowest BCUT2D eigenvalue weighted by atomic mass is 10.2. The van der Waals surface area contributed by atoms with Crippen LogP contribution >= 0.6 is 0 Å². The minimum absolute atomic E-state index is 0.0656. The van der Waals surface area contributed by atoms with Crippen molar-refractivity contribution < 1.29 is 24.2 Å². The van der Waals surface area contributed by atoms with Gasteiger partial charge in [0, 0.05) is 5.56 Å². The summed E-state index contributed by atoms with van der Waals surface area (Å²) in [4.78, 5) is 35.8. The predicted octanol–water partition coefficient (Wildman–Crippen LogP) is 0.982. The SMILES string of the molecule is CCOc1ccccc1C(=O)NCC(=O)NNC(=O)c1cccc(O)c1. The molecule has 4 N–H and O–H groups in total. The Bertz CT molecular complexity index is 807. The van der Waals surface area contributed by atoms with E-state index in [1.54, 1.807) is 31.2 Å². The summed E-state index contributed by atoms with van der Waals surface area (Å²) in [6, 6.07) is 12.3. The van der Waals surface area contributed by atoms with Crippen LogP contribution in [0.2, 0.25) is 0 Å². The summed E-state index contributed by atoms with van der Waals surface area (Å²) in [7, 11) is 0. The smallest absolute Gasteiger partial charge is 0.269 e. The summed E-state index contributed by atoms with van der Waals surface area (Å²) in [6.45, 7) is 1.88. The number of rotatable bonds is 6. The van der Waals surface area contributed by atoms with Gasteiger partial charge in [-0.3, -0.25) is 25.2 Å². The zero-order valence-corrected chi connectivity index (χ0v) is 14.1. The lowest BCUT2D eigenvalue weighted by Gasteiger charge is -2.11. The summed E-state index contributed by atoms with van der Waals surface area (Å²) < 4.78 is 5.36. The Labute approximate surface area is 150 Å². The number of phenols is 1. The van der Waals surface area contributed by atoms with Crippen molar-refractivity contribution in [3.8, 4) is 11.5 Å². The van der Waals surface area contributed by atoms with Crippen LogP contribution in [0.15, 0.2) is 48.5 Å². The summed E-state index contributed by atoms with van der Waals surface area (Å²) in [5, 5.41) is 11.8. The molecule has 0 aromatic heterocycles. The van der Waals surface area contributed by atoms with Gasteiger partial charge in [-0.15, -0.1) is 0 Å². The normalized spacial score (nSPS) is 9.88. The van der Waals surface area contributed by atoms with E-state index in [9.17, 15) is 19.5 Å². The number of carbonyl (C=O) groups is 3. The molecule has 0 radical (unpaired) electrons. The predicted molar refractivity (Wildman–Crippen MR) is 93.7 cm³/mol. The van der Waals surface area contributed by atoms with Crippen LogP contribution in [0.25, 0.3) is 0 Å². The fourth-order valence-corrected chi connectivity index (χ4v) is 2.08. The van der Waals surface area contributed by atoms with Crippen LogP contribution in [0.5, 0.6) is 11.5 Å². The molecule has 2 rings (SSSR count). The van der Waals surface area contributed by atoms with E-state index in [1.165, 1.54) is 24.3 Å². The van der Waals surface area contributed by atoms with Crippen molar-refractivity contribution in [2.24, 2.45) is 0 Å². The first-order chi connectivity index (χ1) is 12.5. The number of amides is 3. The maximum atomic E-state index is 12.2. The highest BCUT2D eigenvalue weighted by molar-refractivity contribution is 5.99. The number of ether oxygens (including phenoxy) is 1. The lowest BCUT2D eigenvalue weighted by molar-refractivity contribution is -0.120. The molecule has 8 nitrogen and oxygen atoms in total. The van der Waals surface area contributed by atoms with Crippen molar-refractivity contribution >= 4 is 17.7 Å². The van der Waals surface area contributed by atoms with Crippen molar-refractivity contribution in [2.75, 3.05) is 13.2 Å². The number of para-hydroxylation sites is 1. The van der Waals surface area contributed by atoms with Gasteiger partial charge in [0.05, 0.1) is 18.7 Å². The molecule has 0 aliphatic heterocycles. The first-order valence-electron chi connectivity index (χ1n) is 7.89. The average Bonchev–Trinajstić information content (AvgIpc) is 2.65. The summed E-state index contributed by atoms with van der Waals surface area (Å²) in [5.41, 5.74) is 4.87. The van der Waals surface area contributed by atoms with Gasteiger partial charge in [0.15, 0.2) is 0 Å². The third-order valence-electron chi connectivity index (χ3n) is 3.26. The number of hydrogen-bond acceptors (Lipinski definition) is 5. The minimum Gasteiger partial charge on any atom is -0.508 e. The van der Waals surface area contributed by atoms with Gasteiger partial charge in [-0.25, -0.2) is 0 Å². The maximum absolute atomic E-state index is 12.2. The van der Waals surface area contributed by atoms with E-state index in [1.807, 2.05) is 0 Å². The van der Waals surface area contributed by atoms with Gasteiger partial charge in [0.25, 0.3) is 17.7 Å². The molecule has 136 valence electrons. The number of nitrogens with one attached hydrogen (secondary N) is 3. The second kappa shape index (κ2) is 9.07. The largest absolute Gasteiger partial charge is 0.508 e. The molecule has 0 fully saturated rings. The van der Waals surface area contributed by atoms with Gasteiger partial charge in [-0.2, -0.15) is 0 Å². The van der Waals surface area contributed by atoms with Gasteiger partial charge < -0.3 is 15.2 Å². The standard InChI is InChI=1S/C18H19N3O5/c1-2-26-15-9-4-3-8-14(15)18(25)19-11-16(23)20-21-17(24)12-6-5-7-13(22)10-12/h3-10,22H,2,11H2,1H3,(H,19,25)(H,20,23)(H,21,24). The molecule has 0 saturated heterocycles. The first kappa shape index (κ1) is 18.8. The quantitative estimate of drug-likeness (QED) is 0.575. The zero-order chi connectivity index (χ0) is 18.9. The van der Waals surface area contributed by atoms with Crippen molar-refractivity contribution in [1.82, 2.24) is 16.2 Å². The minimum atomic E-state index is -0.610. The number of hydrogen-bond donors (Lipinski definition) is 4. The molecule has 0 bridgehead atoms. The van der Waals surface area contributed by atoms with Gasteiger partial charge in [0.2, 0.25) is 0 Å². The molecule has 26 heavy (non-hydrogen) atoms. The Hall–Kier alpha value is -3.55. The van der Waals surface area contributed by atoms with Crippen LogP contribution in [0.3, 0.4) is 0 Å². The van der Waals surface area contributed by atoms with E-state index in [2.05, 4.69) is 16.2 Å². The Morgan fingerprint density at radius 1 is 1.00 bits per heavy atom. The molecule has 0 heterocycles. The molecule has 3 amide bonds. The fourth-order valence-electron chi connectivity index (χ4n) is 2.08. The Balaban J connectivity index is 1.83. The van der Waals surface area contributed by atoms with Crippen molar-refractivity contribution in [1.29, 1.82) is 0 Å². The molecular weight excluding hydrogens is 338 g/mol. The van der Waals surface area contributed by atoms with E-state index < -0.39 is 17.7 Å². The summed E-state index contributed by atoms with van der Waals surface area (Å²) in [6.07, 6.45) is 0. The maximum Gasteiger partial charge on any atom is 0.269 e. The van der Waals surface area contributed by atoms with Crippen LogP contribution in [0.1, 0.15) is 27.6 Å². The third kappa shape index (κ3) is 5.23. The van der Waals surface area contributed by atoms with Gasteiger partial charge in [-0.1, -0.05) is 18.2 Å². The first-order valence-corrected chi connectivity index (χ1v) is 7.89. The second-order valence-electron chi connectivity index (χ2n) is 5.16. The topological polar surface area (TPSA) is 117 Å². The van der Waals surface area contributed by atoms with E-state index in [-0.39, 0.29) is 17.9 Å². The molecule has 0 spiro atoms. The molecule has 0 aliphatic rings. The van der Waals surface area contributed by atoms with Gasteiger partial charge in [0.1, 0.15) is 11.5 Å². The van der Waals surface area contributed by atoms with Gasteiger partial charge >= 0.3 is 0 Å². The van der Waals surface area contributed by atoms with E-state index in [0.717, 1.165) is 0 Å². The van der Waals surface area contributed by atoms with Crippen LogP contribution in [0.4, 0.5) is 0 Å². The molecule has 8 heteroatoms. The molecule has 0 unspecified atom stereocenters. The van der Waals surface area contributed by atoms with Crippen molar-refractivity contribution in [2.45, 2.75) is 6.92 Å². The molecular formula is C18H19N3O5. The molecule has 0 saturated carbocycles. The molecule has 2 aromatic carbocycles. The summed E-state index contributed by atoms with van der Waals surface area (Å²) >= 11 is 0. The average molecular weight is 357 g/mol. The van der Waals surface area contributed by atoms with Gasteiger partial charge in [-0.05, 0) is 37.3 Å². The van der Waals surface area contributed by atoms with E-state index >= 15 is 0 Å². The molecule has 0 aliphatic carbocycles. The van der Waals surface area contributed by atoms with Crippen LogP contribution < -0.4 is 20.9 Å². The number of aromatic hydroxyl groups is 1. The fraction of sp³-hybridized carbons (Fsp3) is 0.167. The van der Waals surface area contributed by atoms with Crippen LogP contribution in [-0.2, 0) is 4.79 Å². The Kier molecular flexibility index (Phi) is 6.55. The van der Waals surface area contributed by atoms with E-state index in [0.29, 0.717) is 17.9 Å². The highest BCUT2D eigenvalue weighted by Gasteiger charge is 2.13. The Morgan fingerprint density at radius 2 is 1.77 bits per heavy atom. The van der Waals surface area contributed by atoms with Crippen molar-refractivity contribution in [3.63, 3.8) is 0 Å². The molecule has 0 atom stereocenters. The van der Waals surface area contributed by atoms with E-state index in [4.69, 9.17) is 4.74 Å². The van der Waals surface area contributed by atoms with Crippen molar-refractivity contribution in [3.05, 3.63) is 59.7 Å². The number of phenolic OH excluding ortho intramolecular Hbond substituents is 1. The van der Waals surface area contributed by atoms with Crippen LogP contribution in [-0.4, -0.2) is 36.0 Å². The lowest BCUT2D eigenvalue weighted by Crippen LogP contribution is -2.46. The third-order valence-corrected chi connectivity index (χ3v) is 3.26. The zero-order valence-electron chi connectivity index (χ0n) is 14.1. The number of hydrazine groups is 1. The highest BCUT2D eigenvalue weighted by atomic mass is 16.5. The van der Waals surface area contributed by atoms with Crippen LogP contribution in [0, 0.1) is 0 Å². The molecule has 2 aromatic rings. The highest BCUT2D eigenvalue weighted by Crippen LogP contribution is 2.17. The second-order valence-corrected chi connectivity index (χ2v) is 5.16. The monoisotopic (exact) mass is 357 g/mol. The Morgan fingerprint density at radius 3 is 2.50 bits per heavy atom.